The first kappa shape index (κ1) is 24.9. The van der Waals surface area contributed by atoms with E-state index >= 15 is 0 Å². The second kappa shape index (κ2) is 10.9. The van der Waals surface area contributed by atoms with E-state index in [0.717, 1.165) is 0 Å². The lowest BCUT2D eigenvalue weighted by Crippen LogP contribution is -2.30. The van der Waals surface area contributed by atoms with Gasteiger partial charge in [0.1, 0.15) is 5.82 Å². The normalized spacial score (nSPS) is 11.7. The lowest BCUT2D eigenvalue weighted by molar-refractivity contribution is -0.113. The SMILES string of the molecule is CCN(CC)S(=O)(=O)c1ccc(-c2nnc(SCC(=O)Nc3ccccc3F)n2CC)cc1. The van der Waals surface area contributed by atoms with Crippen LogP contribution in [-0.2, 0) is 21.4 Å². The largest absolute Gasteiger partial charge is 0.323 e. The van der Waals surface area contributed by atoms with E-state index in [4.69, 9.17) is 0 Å². The lowest BCUT2D eigenvalue weighted by atomic mass is 10.2. The summed E-state index contributed by atoms with van der Waals surface area (Å²) in [5.74, 6) is -0.251. The zero-order valence-corrected chi connectivity index (χ0v) is 20.3. The van der Waals surface area contributed by atoms with Crippen LogP contribution >= 0.6 is 11.8 Å². The van der Waals surface area contributed by atoms with E-state index in [1.54, 1.807) is 50.2 Å². The van der Waals surface area contributed by atoms with Crippen molar-refractivity contribution in [1.29, 1.82) is 0 Å². The molecule has 0 unspecified atom stereocenters. The van der Waals surface area contributed by atoms with Crippen LogP contribution in [-0.4, -0.2) is 52.2 Å². The fourth-order valence-electron chi connectivity index (χ4n) is 3.26. The third-order valence-corrected chi connectivity index (χ3v) is 8.00. The third kappa shape index (κ3) is 5.60. The Labute approximate surface area is 197 Å². The Bertz CT molecular complexity index is 1210. The highest BCUT2D eigenvalue weighted by molar-refractivity contribution is 7.99. The van der Waals surface area contributed by atoms with Gasteiger partial charge in [0.2, 0.25) is 15.9 Å². The Balaban J connectivity index is 1.74. The first-order valence-corrected chi connectivity index (χ1v) is 12.9. The number of para-hydroxylation sites is 1. The monoisotopic (exact) mass is 491 g/mol. The molecule has 0 saturated carbocycles. The molecule has 1 heterocycles. The number of nitrogens with zero attached hydrogens (tertiary/aromatic N) is 4. The van der Waals surface area contributed by atoms with E-state index < -0.39 is 15.8 Å². The van der Waals surface area contributed by atoms with Crippen LogP contribution in [0.2, 0.25) is 0 Å². The second-order valence-electron chi connectivity index (χ2n) is 6.98. The Morgan fingerprint density at radius 2 is 1.73 bits per heavy atom. The van der Waals surface area contributed by atoms with Gasteiger partial charge in [0.25, 0.3) is 0 Å². The number of sulfonamides is 1. The van der Waals surface area contributed by atoms with E-state index in [9.17, 15) is 17.6 Å². The van der Waals surface area contributed by atoms with Crippen molar-refractivity contribution in [3.8, 4) is 11.4 Å². The molecule has 0 radical (unpaired) electrons. The number of hydrogen-bond acceptors (Lipinski definition) is 6. The molecule has 0 saturated heterocycles. The molecule has 176 valence electrons. The number of carbonyl (C=O) groups excluding carboxylic acids is 1. The molecule has 0 spiro atoms. The summed E-state index contributed by atoms with van der Waals surface area (Å²) < 4.78 is 42.4. The number of aromatic nitrogens is 3. The Morgan fingerprint density at radius 3 is 2.33 bits per heavy atom. The van der Waals surface area contributed by atoms with Crippen molar-refractivity contribution in [1.82, 2.24) is 19.1 Å². The van der Waals surface area contributed by atoms with Gasteiger partial charge in [-0.15, -0.1) is 10.2 Å². The Hall–Kier alpha value is -2.76. The van der Waals surface area contributed by atoms with E-state index in [0.29, 0.717) is 36.2 Å². The maximum absolute atomic E-state index is 13.7. The van der Waals surface area contributed by atoms with Crippen LogP contribution in [0.15, 0.2) is 58.6 Å². The first-order valence-electron chi connectivity index (χ1n) is 10.5. The highest BCUT2D eigenvalue weighted by atomic mass is 32.2. The number of hydrogen-bond donors (Lipinski definition) is 1. The number of halogens is 1. The summed E-state index contributed by atoms with van der Waals surface area (Å²) in [6.07, 6.45) is 0. The van der Waals surface area contributed by atoms with Gasteiger partial charge in [-0.1, -0.05) is 37.7 Å². The third-order valence-electron chi connectivity index (χ3n) is 4.97. The molecule has 0 bridgehead atoms. The van der Waals surface area contributed by atoms with Crippen molar-refractivity contribution in [2.24, 2.45) is 0 Å². The van der Waals surface area contributed by atoms with Gasteiger partial charge in [-0.25, -0.2) is 12.8 Å². The lowest BCUT2D eigenvalue weighted by Gasteiger charge is -2.18. The zero-order valence-electron chi connectivity index (χ0n) is 18.7. The molecule has 1 N–H and O–H groups in total. The van der Waals surface area contributed by atoms with Crippen LogP contribution in [0.25, 0.3) is 11.4 Å². The van der Waals surface area contributed by atoms with Gasteiger partial charge in [0.05, 0.1) is 16.3 Å². The number of anilines is 1. The molecule has 8 nitrogen and oxygen atoms in total. The average Bonchev–Trinajstić information content (AvgIpc) is 3.23. The minimum atomic E-state index is -3.54. The van der Waals surface area contributed by atoms with Crippen molar-refractivity contribution in [3.05, 3.63) is 54.3 Å². The minimum Gasteiger partial charge on any atom is -0.323 e. The fourth-order valence-corrected chi connectivity index (χ4v) is 5.52. The minimum absolute atomic E-state index is 0.0352. The quantitative estimate of drug-likeness (QED) is 0.433. The van der Waals surface area contributed by atoms with Gasteiger partial charge in [-0.3, -0.25) is 4.79 Å². The zero-order chi connectivity index (χ0) is 24.0. The van der Waals surface area contributed by atoms with Crippen LogP contribution in [0, 0.1) is 5.82 Å². The maximum atomic E-state index is 13.7. The van der Waals surface area contributed by atoms with Crippen LogP contribution in [0.3, 0.4) is 0 Å². The van der Waals surface area contributed by atoms with E-state index in [1.807, 2.05) is 11.5 Å². The molecule has 0 aliphatic heterocycles. The molecule has 3 rings (SSSR count). The second-order valence-corrected chi connectivity index (χ2v) is 9.86. The molecule has 11 heteroatoms. The van der Waals surface area contributed by atoms with E-state index in [-0.39, 0.29) is 22.2 Å². The van der Waals surface area contributed by atoms with Gasteiger partial charge >= 0.3 is 0 Å². The summed E-state index contributed by atoms with van der Waals surface area (Å²) in [6, 6.07) is 12.5. The van der Waals surface area contributed by atoms with Crippen LogP contribution in [0.5, 0.6) is 0 Å². The summed E-state index contributed by atoms with van der Waals surface area (Å²) in [5, 5.41) is 11.5. The summed E-state index contributed by atoms with van der Waals surface area (Å²) in [4.78, 5) is 12.5. The fraction of sp³-hybridized carbons (Fsp3) is 0.318. The predicted molar refractivity (Wildman–Crippen MR) is 127 cm³/mol. The summed E-state index contributed by atoms with van der Waals surface area (Å²) in [7, 11) is -3.54. The predicted octanol–water partition coefficient (Wildman–Crippen LogP) is 3.87. The molecule has 0 atom stereocenters. The first-order chi connectivity index (χ1) is 15.8. The molecule has 1 aromatic heterocycles. The maximum Gasteiger partial charge on any atom is 0.243 e. The van der Waals surface area contributed by atoms with Gasteiger partial charge < -0.3 is 9.88 Å². The van der Waals surface area contributed by atoms with Crippen LogP contribution < -0.4 is 5.32 Å². The van der Waals surface area contributed by atoms with Gasteiger partial charge in [0.15, 0.2) is 11.0 Å². The van der Waals surface area contributed by atoms with E-state index in [2.05, 4.69) is 15.5 Å². The molecule has 33 heavy (non-hydrogen) atoms. The molecule has 1 amide bonds. The van der Waals surface area contributed by atoms with Crippen molar-refractivity contribution < 1.29 is 17.6 Å². The van der Waals surface area contributed by atoms with Gasteiger partial charge in [0, 0.05) is 25.2 Å². The number of rotatable bonds is 10. The smallest absolute Gasteiger partial charge is 0.243 e. The topological polar surface area (TPSA) is 97.2 Å². The van der Waals surface area contributed by atoms with Crippen molar-refractivity contribution in [3.63, 3.8) is 0 Å². The molecule has 3 aromatic rings. The number of amides is 1. The Kier molecular flexibility index (Phi) is 8.22. The average molecular weight is 492 g/mol. The number of nitrogens with one attached hydrogen (secondary N) is 1. The van der Waals surface area contributed by atoms with Gasteiger partial charge in [-0.2, -0.15) is 4.31 Å². The summed E-state index contributed by atoms with van der Waals surface area (Å²) in [5.41, 5.74) is 0.839. The Morgan fingerprint density at radius 1 is 1.06 bits per heavy atom. The number of thioether (sulfide) groups is 1. The number of carbonyl (C=O) groups is 1. The number of benzene rings is 2. The van der Waals surface area contributed by atoms with Crippen LogP contribution in [0.4, 0.5) is 10.1 Å². The summed E-state index contributed by atoms with van der Waals surface area (Å²) >= 11 is 1.19. The van der Waals surface area contributed by atoms with Crippen molar-refractivity contribution in [2.75, 3.05) is 24.2 Å². The molecule has 0 fully saturated rings. The van der Waals surface area contributed by atoms with Crippen molar-refractivity contribution in [2.45, 2.75) is 37.4 Å². The van der Waals surface area contributed by atoms with Crippen molar-refractivity contribution >= 4 is 33.4 Å². The highest BCUT2D eigenvalue weighted by Crippen LogP contribution is 2.26. The molecular formula is C22H26FN5O3S2. The molecule has 0 aliphatic carbocycles. The van der Waals surface area contributed by atoms with E-state index in [1.165, 1.54) is 28.2 Å². The van der Waals surface area contributed by atoms with Crippen LogP contribution in [0.1, 0.15) is 20.8 Å². The molecular weight excluding hydrogens is 465 g/mol. The highest BCUT2D eigenvalue weighted by Gasteiger charge is 2.22. The molecule has 0 aliphatic rings. The summed E-state index contributed by atoms with van der Waals surface area (Å²) in [6.45, 7) is 6.88. The molecule has 2 aromatic carbocycles. The van der Waals surface area contributed by atoms with Gasteiger partial charge in [-0.05, 0) is 43.3 Å². The standard InChI is InChI=1S/C22H26FN5O3S2/c1-4-27(5-2)33(30,31)17-13-11-16(12-14-17)21-25-26-22(28(21)6-3)32-15-20(29)24-19-10-8-7-9-18(19)23/h7-14H,4-6,15H2,1-3H3,(H,24,29).